The number of hydrogen-bond acceptors (Lipinski definition) is 2. The Kier molecular flexibility index (Phi) is 13.4. The molecule has 0 saturated carbocycles. The summed E-state index contributed by atoms with van der Waals surface area (Å²) in [7, 11) is 0. The second kappa shape index (κ2) is 12.3. The molecule has 4 nitrogen and oxygen atoms in total. The summed E-state index contributed by atoms with van der Waals surface area (Å²) in [5, 5.41) is 18.7. The van der Waals surface area contributed by atoms with Gasteiger partial charge in [-0.2, -0.15) is 0 Å². The van der Waals surface area contributed by atoms with Gasteiger partial charge < -0.3 is 11.6 Å². The van der Waals surface area contributed by atoms with Crippen molar-refractivity contribution in [3.05, 3.63) is 0 Å². The van der Waals surface area contributed by atoms with Crippen molar-refractivity contribution >= 4 is 11.9 Å². The van der Waals surface area contributed by atoms with Crippen LogP contribution in [0.2, 0.25) is 0 Å². The summed E-state index contributed by atoms with van der Waals surface area (Å²) < 4.78 is 0. The Morgan fingerprint density at radius 1 is 0.800 bits per heavy atom. The van der Waals surface area contributed by atoms with Gasteiger partial charge in [0.15, 0.2) is 5.41 Å². The minimum Gasteiger partial charge on any atom is -1.00 e. The second-order valence-electron chi connectivity index (χ2n) is 5.31. The fourth-order valence-corrected chi connectivity index (χ4v) is 2.35. The third-order valence-corrected chi connectivity index (χ3v) is 3.73. The monoisotopic (exact) mass is 280 g/mol. The molecule has 0 aliphatic heterocycles. The standard InChI is InChI=1S/C15H28O4.Li.H/c1-3-5-7-9-11-15(13(16)17,14(18)19)12-10-8-6-4-2;;/h3-12H2,1-2H3,(H,16,17)(H,18,19);;/q;+1;-1. The average molecular weight is 280 g/mol. The summed E-state index contributed by atoms with van der Waals surface area (Å²) in [5.41, 5.74) is -1.57. The van der Waals surface area contributed by atoms with E-state index in [1.165, 1.54) is 0 Å². The van der Waals surface area contributed by atoms with Crippen molar-refractivity contribution in [2.75, 3.05) is 0 Å². The van der Waals surface area contributed by atoms with Crippen LogP contribution in [0.3, 0.4) is 0 Å². The maximum atomic E-state index is 11.4. The Labute approximate surface area is 136 Å². The molecule has 0 aliphatic rings. The number of carboxylic acids is 2. The Hall–Kier alpha value is -0.463. The summed E-state index contributed by atoms with van der Waals surface area (Å²) in [6.45, 7) is 4.15. The first-order valence-corrected chi connectivity index (χ1v) is 7.48. The van der Waals surface area contributed by atoms with Gasteiger partial charge in [-0.1, -0.05) is 65.2 Å². The predicted molar refractivity (Wildman–Crippen MR) is 76.3 cm³/mol. The maximum Gasteiger partial charge on any atom is 1.00 e. The van der Waals surface area contributed by atoms with Crippen molar-refractivity contribution < 1.29 is 40.1 Å². The fraction of sp³-hybridized carbons (Fsp3) is 0.867. The van der Waals surface area contributed by atoms with Crippen LogP contribution < -0.4 is 18.9 Å². The van der Waals surface area contributed by atoms with E-state index >= 15 is 0 Å². The first-order chi connectivity index (χ1) is 9.01. The van der Waals surface area contributed by atoms with Crippen LogP contribution in [-0.4, -0.2) is 22.2 Å². The van der Waals surface area contributed by atoms with Crippen LogP contribution in [0.5, 0.6) is 0 Å². The van der Waals surface area contributed by atoms with Crippen LogP contribution in [0.15, 0.2) is 0 Å². The van der Waals surface area contributed by atoms with E-state index in [9.17, 15) is 19.8 Å². The van der Waals surface area contributed by atoms with Crippen molar-refractivity contribution in [1.82, 2.24) is 0 Å². The molecule has 0 fully saturated rings. The smallest absolute Gasteiger partial charge is 1.00 e. The van der Waals surface area contributed by atoms with Gasteiger partial charge in [-0.05, 0) is 12.8 Å². The van der Waals surface area contributed by atoms with Gasteiger partial charge in [-0.15, -0.1) is 0 Å². The summed E-state index contributed by atoms with van der Waals surface area (Å²) in [6.07, 6.45) is 7.87. The molecule has 0 rings (SSSR count). The van der Waals surface area contributed by atoms with Gasteiger partial charge in [0.1, 0.15) is 0 Å². The first kappa shape index (κ1) is 21.8. The Morgan fingerprint density at radius 3 is 1.40 bits per heavy atom. The quantitative estimate of drug-likeness (QED) is 0.320. The van der Waals surface area contributed by atoms with Crippen LogP contribution in [-0.2, 0) is 9.59 Å². The van der Waals surface area contributed by atoms with E-state index in [1.807, 2.05) is 0 Å². The van der Waals surface area contributed by atoms with E-state index in [-0.39, 0.29) is 33.1 Å². The molecule has 2 N–H and O–H groups in total. The molecule has 5 heteroatoms. The van der Waals surface area contributed by atoms with Gasteiger partial charge in [0, 0.05) is 0 Å². The number of carboxylic acid groups (broad SMARTS) is 2. The number of carbonyl (C=O) groups is 2. The van der Waals surface area contributed by atoms with E-state index in [0.717, 1.165) is 38.5 Å². The van der Waals surface area contributed by atoms with Crippen molar-refractivity contribution in [2.45, 2.75) is 78.1 Å². The molecule has 0 aromatic heterocycles. The molecule has 0 aliphatic carbocycles. The largest absolute Gasteiger partial charge is 1.00 e. The molecule has 0 bridgehead atoms. The number of rotatable bonds is 12. The molecule has 20 heavy (non-hydrogen) atoms. The minimum absolute atomic E-state index is 0. The zero-order valence-electron chi connectivity index (χ0n) is 14.3. The zero-order valence-corrected chi connectivity index (χ0v) is 13.3. The number of unbranched alkanes of at least 4 members (excludes halogenated alkanes) is 6. The zero-order chi connectivity index (χ0) is 14.7. The Bertz CT molecular complexity index is 257. The molecule has 114 valence electrons. The molecule has 0 atom stereocenters. The van der Waals surface area contributed by atoms with Crippen molar-refractivity contribution in [3.63, 3.8) is 0 Å². The molecular formula is C15H29LiO4. The molecule has 0 heterocycles. The topological polar surface area (TPSA) is 74.6 Å². The second-order valence-corrected chi connectivity index (χ2v) is 5.31. The van der Waals surface area contributed by atoms with Crippen LogP contribution >= 0.6 is 0 Å². The van der Waals surface area contributed by atoms with Gasteiger partial charge in [0.2, 0.25) is 0 Å². The minimum atomic E-state index is -1.57. The fourth-order valence-electron chi connectivity index (χ4n) is 2.35. The molecular weight excluding hydrogens is 251 g/mol. The predicted octanol–water partition coefficient (Wildman–Crippen LogP) is 1.20. The average Bonchev–Trinajstić information content (AvgIpc) is 2.36. The van der Waals surface area contributed by atoms with Gasteiger partial charge in [-0.3, -0.25) is 9.59 Å². The number of hydrogen-bond donors (Lipinski definition) is 2. The summed E-state index contributed by atoms with van der Waals surface area (Å²) >= 11 is 0. The van der Waals surface area contributed by atoms with E-state index in [1.54, 1.807) is 0 Å². The maximum absolute atomic E-state index is 11.4. The normalized spacial score (nSPS) is 10.9. The Balaban J connectivity index is -0.00000162. The third kappa shape index (κ3) is 7.35. The van der Waals surface area contributed by atoms with Gasteiger partial charge in [0.05, 0.1) is 0 Å². The molecule has 0 unspecified atom stereocenters. The molecule has 0 radical (unpaired) electrons. The van der Waals surface area contributed by atoms with E-state index in [4.69, 9.17) is 0 Å². The van der Waals surface area contributed by atoms with Crippen molar-refractivity contribution in [3.8, 4) is 0 Å². The van der Waals surface area contributed by atoms with Crippen LogP contribution in [0.25, 0.3) is 0 Å². The van der Waals surface area contributed by atoms with Gasteiger partial charge in [0.25, 0.3) is 0 Å². The van der Waals surface area contributed by atoms with Crippen LogP contribution in [0.4, 0.5) is 0 Å². The van der Waals surface area contributed by atoms with E-state index in [0.29, 0.717) is 12.8 Å². The van der Waals surface area contributed by atoms with E-state index < -0.39 is 17.4 Å². The van der Waals surface area contributed by atoms with Crippen LogP contribution in [0, 0.1) is 5.41 Å². The molecule has 0 spiro atoms. The van der Waals surface area contributed by atoms with Crippen molar-refractivity contribution in [2.24, 2.45) is 5.41 Å². The van der Waals surface area contributed by atoms with Crippen molar-refractivity contribution in [1.29, 1.82) is 0 Å². The third-order valence-electron chi connectivity index (χ3n) is 3.73. The first-order valence-electron chi connectivity index (χ1n) is 7.48. The summed E-state index contributed by atoms with van der Waals surface area (Å²) in [4.78, 5) is 22.8. The van der Waals surface area contributed by atoms with Gasteiger partial charge in [-0.25, -0.2) is 0 Å². The molecule has 0 aromatic rings. The van der Waals surface area contributed by atoms with Gasteiger partial charge >= 0.3 is 30.8 Å². The van der Waals surface area contributed by atoms with E-state index in [2.05, 4.69) is 13.8 Å². The molecule has 0 amide bonds. The summed E-state index contributed by atoms with van der Waals surface area (Å²) in [6, 6.07) is 0. The Morgan fingerprint density at radius 2 is 1.15 bits per heavy atom. The SMILES string of the molecule is CCCCCCC(CCCCCC)(C(=O)O)C(=O)O.[H-].[Li+]. The number of aliphatic carboxylic acids is 2. The molecule has 0 saturated heterocycles. The van der Waals surface area contributed by atoms with Crippen LogP contribution in [0.1, 0.15) is 79.5 Å². The summed E-state index contributed by atoms with van der Waals surface area (Å²) in [5.74, 6) is -2.35. The molecule has 0 aromatic carbocycles.